The van der Waals surface area contributed by atoms with Gasteiger partial charge in [-0.05, 0) is 38.2 Å². The van der Waals surface area contributed by atoms with Crippen molar-refractivity contribution >= 4 is 52.3 Å². The van der Waals surface area contributed by atoms with Crippen LogP contribution in [0.4, 0.5) is 5.69 Å². The number of hydrogen-bond acceptors (Lipinski definition) is 5. The van der Waals surface area contributed by atoms with Crippen molar-refractivity contribution in [1.82, 2.24) is 15.3 Å². The number of carbonyl (C=O) groups is 3. The van der Waals surface area contributed by atoms with Gasteiger partial charge in [0.05, 0.1) is 17.1 Å². The molecule has 2 aliphatic heterocycles. The Labute approximate surface area is 148 Å². The largest absolute Gasteiger partial charge is 0.323 e. The van der Waals surface area contributed by atoms with Crippen LogP contribution < -0.4 is 10.6 Å². The molecule has 2 N–H and O–H groups in total. The van der Waals surface area contributed by atoms with E-state index in [9.17, 15) is 14.4 Å². The molecule has 9 heteroatoms. The number of hydrogen-bond donors (Lipinski definition) is 2. The topological polar surface area (TPSA) is 81.8 Å². The summed E-state index contributed by atoms with van der Waals surface area (Å²) in [6, 6.07) is 5.94. The van der Waals surface area contributed by atoms with E-state index in [0.29, 0.717) is 10.7 Å². The molecule has 0 saturated carbocycles. The van der Waals surface area contributed by atoms with Crippen LogP contribution in [0.25, 0.3) is 0 Å². The summed E-state index contributed by atoms with van der Waals surface area (Å²) in [5.41, 5.74) is -0.659. The number of thiocarbonyl (C=S) groups is 1. The summed E-state index contributed by atoms with van der Waals surface area (Å²) in [7, 11) is 0. The lowest BCUT2D eigenvalue weighted by Crippen LogP contribution is -2.71. The molecular formula is C15H15ClN4O3S. The first-order valence-electron chi connectivity index (χ1n) is 7.26. The zero-order valence-electron chi connectivity index (χ0n) is 13.0. The molecule has 1 atom stereocenters. The van der Waals surface area contributed by atoms with Crippen molar-refractivity contribution in [3.05, 3.63) is 29.3 Å². The van der Waals surface area contributed by atoms with Crippen molar-refractivity contribution in [3.63, 3.8) is 0 Å². The number of nitrogens with one attached hydrogen (secondary N) is 2. The maximum Gasteiger partial charge on any atom is 0.248 e. The third-order valence-electron chi connectivity index (χ3n) is 4.09. The summed E-state index contributed by atoms with van der Waals surface area (Å²) in [6.07, 6.45) is -0.0746. The molecule has 3 amide bonds. The van der Waals surface area contributed by atoms with E-state index in [1.807, 2.05) is 0 Å². The molecule has 1 aromatic rings. The number of carbonyl (C=O) groups excluding carboxylic acids is 3. The van der Waals surface area contributed by atoms with Gasteiger partial charge < -0.3 is 5.32 Å². The number of fused-ring (bicyclic) bond motifs is 1. The normalized spacial score (nSPS) is 23.0. The van der Waals surface area contributed by atoms with Gasteiger partial charge >= 0.3 is 0 Å². The summed E-state index contributed by atoms with van der Waals surface area (Å²) in [5.74, 6) is -1.13. The van der Waals surface area contributed by atoms with Crippen molar-refractivity contribution in [3.8, 4) is 0 Å². The van der Waals surface area contributed by atoms with Gasteiger partial charge in [-0.25, -0.2) is 5.01 Å². The Bertz CT molecular complexity index is 767. The molecule has 2 saturated heterocycles. The fraction of sp³-hybridized carbons (Fsp3) is 0.333. The molecule has 0 spiro atoms. The average Bonchev–Trinajstić information content (AvgIpc) is 2.87. The molecule has 7 nitrogen and oxygen atoms in total. The van der Waals surface area contributed by atoms with Crippen molar-refractivity contribution in [2.45, 2.75) is 31.8 Å². The van der Waals surface area contributed by atoms with Crippen LogP contribution in [-0.2, 0) is 14.4 Å². The smallest absolute Gasteiger partial charge is 0.248 e. The Morgan fingerprint density at radius 1 is 1.38 bits per heavy atom. The molecular weight excluding hydrogens is 352 g/mol. The summed E-state index contributed by atoms with van der Waals surface area (Å²) in [4.78, 5) is 37.2. The number of hydrazine groups is 1. The van der Waals surface area contributed by atoms with Gasteiger partial charge in [0.25, 0.3) is 0 Å². The summed E-state index contributed by atoms with van der Waals surface area (Å²) in [6.45, 7) is 3.26. The Balaban J connectivity index is 1.92. The van der Waals surface area contributed by atoms with Gasteiger partial charge in [0.2, 0.25) is 17.7 Å². The van der Waals surface area contributed by atoms with Crippen molar-refractivity contribution in [2.75, 3.05) is 5.32 Å². The molecule has 0 aromatic heterocycles. The van der Waals surface area contributed by atoms with E-state index in [1.54, 1.807) is 38.1 Å². The van der Waals surface area contributed by atoms with Gasteiger partial charge in [0.15, 0.2) is 5.11 Å². The number of para-hydroxylation sites is 1. The van der Waals surface area contributed by atoms with Gasteiger partial charge in [-0.3, -0.25) is 19.7 Å². The van der Waals surface area contributed by atoms with E-state index >= 15 is 0 Å². The highest BCUT2D eigenvalue weighted by atomic mass is 35.5. The minimum Gasteiger partial charge on any atom is -0.323 e. The SMILES string of the molecule is CC1(C)C(=O)NC(=S)N2C(=O)C[C@@H](C(=O)Nc3ccccc3Cl)N21. The first-order chi connectivity index (χ1) is 11.2. The molecule has 2 fully saturated rings. The number of halogens is 1. The maximum absolute atomic E-state index is 12.7. The minimum atomic E-state index is -1.10. The fourth-order valence-electron chi connectivity index (χ4n) is 2.84. The van der Waals surface area contributed by atoms with Gasteiger partial charge in [-0.15, -0.1) is 0 Å². The lowest BCUT2D eigenvalue weighted by molar-refractivity contribution is -0.154. The van der Waals surface area contributed by atoms with E-state index in [1.165, 1.54) is 10.0 Å². The van der Waals surface area contributed by atoms with Crippen LogP contribution in [-0.4, -0.2) is 44.4 Å². The van der Waals surface area contributed by atoms with Gasteiger partial charge in [0.1, 0.15) is 11.6 Å². The zero-order chi connectivity index (χ0) is 17.6. The van der Waals surface area contributed by atoms with Crippen molar-refractivity contribution < 1.29 is 14.4 Å². The van der Waals surface area contributed by atoms with Crippen LogP contribution in [0.1, 0.15) is 20.3 Å². The molecule has 3 rings (SSSR count). The molecule has 24 heavy (non-hydrogen) atoms. The second-order valence-electron chi connectivity index (χ2n) is 6.06. The zero-order valence-corrected chi connectivity index (χ0v) is 14.6. The minimum absolute atomic E-state index is 0.0163. The van der Waals surface area contributed by atoms with Gasteiger partial charge in [-0.2, -0.15) is 5.01 Å². The quantitative estimate of drug-likeness (QED) is 0.771. The first-order valence-corrected chi connectivity index (χ1v) is 8.05. The Hall–Kier alpha value is -2.03. The van der Waals surface area contributed by atoms with Crippen LogP contribution in [0.5, 0.6) is 0 Å². The van der Waals surface area contributed by atoms with E-state index < -0.39 is 17.5 Å². The predicted molar refractivity (Wildman–Crippen MR) is 92.0 cm³/mol. The van der Waals surface area contributed by atoms with Gasteiger partial charge in [0, 0.05) is 0 Å². The number of benzene rings is 1. The van der Waals surface area contributed by atoms with E-state index in [2.05, 4.69) is 10.6 Å². The Morgan fingerprint density at radius 3 is 2.71 bits per heavy atom. The third kappa shape index (κ3) is 2.56. The molecule has 2 heterocycles. The van der Waals surface area contributed by atoms with Crippen LogP contribution in [0.3, 0.4) is 0 Å². The molecule has 0 bridgehead atoms. The number of anilines is 1. The van der Waals surface area contributed by atoms with Crippen LogP contribution in [0, 0.1) is 0 Å². The number of nitrogens with zero attached hydrogens (tertiary/aromatic N) is 2. The molecule has 126 valence electrons. The highest BCUT2D eigenvalue weighted by Gasteiger charge is 2.56. The van der Waals surface area contributed by atoms with Crippen LogP contribution in [0.2, 0.25) is 5.02 Å². The average molecular weight is 367 g/mol. The molecule has 0 unspecified atom stereocenters. The standard InChI is InChI=1S/C15H15ClN4O3S/c1-15(2)13(23)18-14(24)19-11(21)7-10(20(15)19)12(22)17-9-6-4-3-5-8(9)16/h3-6,10H,7H2,1-2H3,(H,17,22)(H,18,23,24)/t10-/m0/s1. The molecule has 2 aliphatic rings. The fourth-order valence-corrected chi connectivity index (χ4v) is 3.30. The first kappa shape index (κ1) is 16.8. The highest BCUT2D eigenvalue weighted by Crippen LogP contribution is 2.33. The monoisotopic (exact) mass is 366 g/mol. The van der Waals surface area contributed by atoms with E-state index in [-0.39, 0.29) is 23.3 Å². The van der Waals surface area contributed by atoms with Crippen molar-refractivity contribution in [2.24, 2.45) is 0 Å². The van der Waals surface area contributed by atoms with E-state index in [4.69, 9.17) is 23.8 Å². The lowest BCUT2D eigenvalue weighted by Gasteiger charge is -2.45. The van der Waals surface area contributed by atoms with Gasteiger partial charge in [-0.1, -0.05) is 23.7 Å². The second kappa shape index (κ2) is 5.80. The summed E-state index contributed by atoms with van der Waals surface area (Å²) >= 11 is 11.1. The van der Waals surface area contributed by atoms with Crippen molar-refractivity contribution in [1.29, 1.82) is 0 Å². The molecule has 0 radical (unpaired) electrons. The number of rotatable bonds is 2. The predicted octanol–water partition coefficient (Wildman–Crippen LogP) is 1.29. The van der Waals surface area contributed by atoms with Crippen LogP contribution in [0.15, 0.2) is 24.3 Å². The van der Waals surface area contributed by atoms with Crippen LogP contribution >= 0.6 is 23.8 Å². The highest BCUT2D eigenvalue weighted by molar-refractivity contribution is 7.80. The molecule has 1 aromatic carbocycles. The molecule has 0 aliphatic carbocycles. The van der Waals surface area contributed by atoms with E-state index in [0.717, 1.165) is 0 Å². The Morgan fingerprint density at radius 2 is 2.04 bits per heavy atom. The lowest BCUT2D eigenvalue weighted by atomic mass is 10.00. The maximum atomic E-state index is 12.7. The Kier molecular flexibility index (Phi) is 4.06. The summed E-state index contributed by atoms with van der Waals surface area (Å²) < 4.78 is 0. The second-order valence-corrected chi connectivity index (χ2v) is 6.85. The third-order valence-corrected chi connectivity index (χ3v) is 4.70. The number of amides is 3. The summed E-state index contributed by atoms with van der Waals surface area (Å²) in [5, 5.41) is 8.19.